The van der Waals surface area contributed by atoms with Crippen LogP contribution in [0.4, 0.5) is 0 Å². The summed E-state index contributed by atoms with van der Waals surface area (Å²) in [6.07, 6.45) is 0. The SMILES string of the molecule is CCOc1c(Cl)cc(C(=O)NCCOc2cc(C)cc(C)c2)cc1OC. The number of carbonyl (C=O) groups is 1. The predicted molar refractivity (Wildman–Crippen MR) is 103 cm³/mol. The molecule has 2 rings (SSSR count). The third-order valence-corrected chi connectivity index (χ3v) is 3.91. The highest BCUT2D eigenvalue weighted by Crippen LogP contribution is 2.36. The second-order valence-corrected chi connectivity index (χ2v) is 6.26. The maximum atomic E-state index is 12.3. The third kappa shape index (κ3) is 5.30. The minimum Gasteiger partial charge on any atom is -0.493 e. The molecule has 0 atom stereocenters. The Kier molecular flexibility index (Phi) is 7.16. The van der Waals surface area contributed by atoms with Gasteiger partial charge in [-0.2, -0.15) is 0 Å². The van der Waals surface area contributed by atoms with Crippen LogP contribution in [0.1, 0.15) is 28.4 Å². The van der Waals surface area contributed by atoms with E-state index in [2.05, 4.69) is 11.4 Å². The Morgan fingerprint density at radius 2 is 1.77 bits per heavy atom. The lowest BCUT2D eigenvalue weighted by atomic mass is 10.1. The first-order valence-corrected chi connectivity index (χ1v) is 8.82. The van der Waals surface area contributed by atoms with E-state index in [1.54, 1.807) is 12.1 Å². The van der Waals surface area contributed by atoms with Gasteiger partial charge in [0, 0.05) is 5.56 Å². The lowest BCUT2D eigenvalue weighted by molar-refractivity contribution is 0.0946. The van der Waals surface area contributed by atoms with E-state index >= 15 is 0 Å². The number of rotatable bonds is 8. The Labute approximate surface area is 159 Å². The number of hydrogen-bond donors (Lipinski definition) is 1. The van der Waals surface area contributed by atoms with Gasteiger partial charge < -0.3 is 19.5 Å². The van der Waals surface area contributed by atoms with Crippen LogP contribution >= 0.6 is 11.6 Å². The molecule has 6 heteroatoms. The van der Waals surface area contributed by atoms with Crippen molar-refractivity contribution in [3.05, 3.63) is 52.0 Å². The molecule has 0 aliphatic heterocycles. The number of halogens is 1. The van der Waals surface area contributed by atoms with E-state index in [0.717, 1.165) is 16.9 Å². The number of carbonyl (C=O) groups excluding carboxylic acids is 1. The van der Waals surface area contributed by atoms with Crippen molar-refractivity contribution < 1.29 is 19.0 Å². The van der Waals surface area contributed by atoms with Gasteiger partial charge in [0.15, 0.2) is 11.5 Å². The van der Waals surface area contributed by atoms with Crippen molar-refractivity contribution in [3.8, 4) is 17.2 Å². The van der Waals surface area contributed by atoms with Crippen LogP contribution in [0.25, 0.3) is 0 Å². The smallest absolute Gasteiger partial charge is 0.251 e. The molecule has 0 radical (unpaired) electrons. The van der Waals surface area contributed by atoms with Crippen LogP contribution in [0.5, 0.6) is 17.2 Å². The largest absolute Gasteiger partial charge is 0.493 e. The van der Waals surface area contributed by atoms with Crippen LogP contribution in [-0.4, -0.2) is 32.8 Å². The molecule has 0 heterocycles. The fraction of sp³-hybridized carbons (Fsp3) is 0.350. The van der Waals surface area contributed by atoms with Gasteiger partial charge in [-0.05, 0) is 56.2 Å². The second kappa shape index (κ2) is 9.34. The highest BCUT2D eigenvalue weighted by atomic mass is 35.5. The van der Waals surface area contributed by atoms with Crippen molar-refractivity contribution in [2.24, 2.45) is 0 Å². The lowest BCUT2D eigenvalue weighted by Gasteiger charge is -2.13. The van der Waals surface area contributed by atoms with Crippen LogP contribution in [0.3, 0.4) is 0 Å². The molecule has 0 saturated carbocycles. The molecule has 5 nitrogen and oxygen atoms in total. The summed E-state index contributed by atoms with van der Waals surface area (Å²) in [7, 11) is 1.51. The zero-order chi connectivity index (χ0) is 19.1. The van der Waals surface area contributed by atoms with E-state index in [0.29, 0.717) is 41.8 Å². The third-order valence-electron chi connectivity index (χ3n) is 3.63. The molecule has 0 unspecified atom stereocenters. The summed E-state index contributed by atoms with van der Waals surface area (Å²) in [5, 5.41) is 3.15. The minimum atomic E-state index is -0.253. The fourth-order valence-electron chi connectivity index (χ4n) is 2.59. The van der Waals surface area contributed by atoms with Crippen LogP contribution < -0.4 is 19.5 Å². The van der Waals surface area contributed by atoms with Gasteiger partial charge in [-0.3, -0.25) is 4.79 Å². The molecule has 1 amide bonds. The Balaban J connectivity index is 1.94. The quantitative estimate of drug-likeness (QED) is 0.701. The Bertz CT molecular complexity index is 756. The summed E-state index contributed by atoms with van der Waals surface area (Å²) in [4.78, 5) is 12.3. The summed E-state index contributed by atoms with van der Waals surface area (Å²) in [6, 6.07) is 9.18. The van der Waals surface area contributed by atoms with Crippen molar-refractivity contribution in [1.82, 2.24) is 5.32 Å². The number of benzene rings is 2. The van der Waals surface area contributed by atoms with Gasteiger partial charge in [0.05, 0.1) is 25.3 Å². The maximum Gasteiger partial charge on any atom is 0.251 e. The number of nitrogens with one attached hydrogen (secondary N) is 1. The summed E-state index contributed by atoms with van der Waals surface area (Å²) >= 11 is 6.20. The molecule has 2 aromatic rings. The monoisotopic (exact) mass is 377 g/mol. The van der Waals surface area contributed by atoms with Crippen molar-refractivity contribution in [3.63, 3.8) is 0 Å². The number of hydrogen-bond acceptors (Lipinski definition) is 4. The normalized spacial score (nSPS) is 10.3. The number of amides is 1. The van der Waals surface area contributed by atoms with Crippen molar-refractivity contribution in [2.45, 2.75) is 20.8 Å². The number of methoxy groups -OCH3 is 1. The van der Waals surface area contributed by atoms with E-state index in [1.165, 1.54) is 7.11 Å². The lowest BCUT2D eigenvalue weighted by Crippen LogP contribution is -2.28. The standard InChI is InChI=1S/C20H24ClNO4/c1-5-25-19-17(21)11-15(12-18(19)24-4)20(23)22-6-7-26-16-9-13(2)8-14(3)10-16/h8-12H,5-7H2,1-4H3,(H,22,23). The first-order valence-electron chi connectivity index (χ1n) is 8.44. The minimum absolute atomic E-state index is 0.253. The highest BCUT2D eigenvalue weighted by molar-refractivity contribution is 6.32. The van der Waals surface area contributed by atoms with E-state index in [4.69, 9.17) is 25.8 Å². The predicted octanol–water partition coefficient (Wildman–Crippen LogP) is 4.17. The van der Waals surface area contributed by atoms with Gasteiger partial charge >= 0.3 is 0 Å². The van der Waals surface area contributed by atoms with E-state index < -0.39 is 0 Å². The maximum absolute atomic E-state index is 12.3. The summed E-state index contributed by atoms with van der Waals surface area (Å²) in [5.41, 5.74) is 2.68. The van der Waals surface area contributed by atoms with Crippen LogP contribution in [0.15, 0.2) is 30.3 Å². The van der Waals surface area contributed by atoms with Gasteiger partial charge in [-0.15, -0.1) is 0 Å². The molecule has 140 valence electrons. The molecular formula is C20H24ClNO4. The zero-order valence-corrected chi connectivity index (χ0v) is 16.3. The fourth-order valence-corrected chi connectivity index (χ4v) is 2.85. The van der Waals surface area contributed by atoms with Gasteiger partial charge in [0.2, 0.25) is 0 Å². The van der Waals surface area contributed by atoms with Gasteiger partial charge in [-0.1, -0.05) is 17.7 Å². The molecule has 26 heavy (non-hydrogen) atoms. The molecule has 0 aliphatic carbocycles. The van der Waals surface area contributed by atoms with Crippen molar-refractivity contribution in [2.75, 3.05) is 26.9 Å². The molecular weight excluding hydrogens is 354 g/mol. The Morgan fingerprint density at radius 1 is 1.08 bits per heavy atom. The highest BCUT2D eigenvalue weighted by Gasteiger charge is 2.15. The average molecular weight is 378 g/mol. The Morgan fingerprint density at radius 3 is 2.38 bits per heavy atom. The molecule has 1 N–H and O–H groups in total. The molecule has 0 bridgehead atoms. The van der Waals surface area contributed by atoms with Crippen molar-refractivity contribution >= 4 is 17.5 Å². The molecule has 0 aliphatic rings. The number of ether oxygens (including phenoxy) is 3. The average Bonchev–Trinajstić information content (AvgIpc) is 2.59. The second-order valence-electron chi connectivity index (χ2n) is 5.85. The summed E-state index contributed by atoms with van der Waals surface area (Å²) in [6.45, 7) is 7.09. The topological polar surface area (TPSA) is 56.8 Å². The van der Waals surface area contributed by atoms with Gasteiger partial charge in [0.1, 0.15) is 12.4 Å². The van der Waals surface area contributed by atoms with E-state index in [1.807, 2.05) is 32.9 Å². The Hall–Kier alpha value is -2.40. The molecule has 2 aromatic carbocycles. The molecule has 0 saturated heterocycles. The van der Waals surface area contributed by atoms with Gasteiger partial charge in [0.25, 0.3) is 5.91 Å². The molecule has 0 spiro atoms. The summed E-state index contributed by atoms with van der Waals surface area (Å²) in [5.74, 6) is 1.40. The van der Waals surface area contributed by atoms with Crippen LogP contribution in [0, 0.1) is 13.8 Å². The summed E-state index contributed by atoms with van der Waals surface area (Å²) < 4.78 is 16.4. The van der Waals surface area contributed by atoms with Crippen LogP contribution in [-0.2, 0) is 0 Å². The van der Waals surface area contributed by atoms with Crippen molar-refractivity contribution in [1.29, 1.82) is 0 Å². The van der Waals surface area contributed by atoms with Gasteiger partial charge in [-0.25, -0.2) is 0 Å². The molecule has 0 fully saturated rings. The van der Waals surface area contributed by atoms with E-state index in [9.17, 15) is 4.79 Å². The number of aryl methyl sites for hydroxylation is 2. The van der Waals surface area contributed by atoms with E-state index in [-0.39, 0.29) is 5.91 Å². The molecule has 0 aromatic heterocycles. The van der Waals surface area contributed by atoms with Crippen LogP contribution in [0.2, 0.25) is 5.02 Å². The first-order chi connectivity index (χ1) is 12.4. The zero-order valence-electron chi connectivity index (χ0n) is 15.5. The first kappa shape index (κ1) is 19.9.